The third kappa shape index (κ3) is 7.24. The Kier molecular flexibility index (Phi) is 11.6. The van der Waals surface area contributed by atoms with Gasteiger partial charge in [-0.3, -0.25) is 19.2 Å². The number of likely N-dealkylation sites (tertiary alicyclic amines) is 1. The molecule has 2 fully saturated rings. The first kappa shape index (κ1) is 37.9. The van der Waals surface area contributed by atoms with Crippen LogP contribution in [-0.2, 0) is 33.4 Å². The Morgan fingerprint density at radius 1 is 0.907 bits per heavy atom. The molecule has 0 radical (unpaired) electrons. The Labute approximate surface area is 323 Å². The van der Waals surface area contributed by atoms with Crippen LogP contribution in [0.3, 0.4) is 0 Å². The van der Waals surface area contributed by atoms with E-state index >= 15 is 4.79 Å². The number of methoxy groups -OCH3 is 1. The number of allylic oxidation sites excluding steroid dienone is 1. The molecule has 0 aliphatic carbocycles. The van der Waals surface area contributed by atoms with Gasteiger partial charge >= 0.3 is 5.97 Å². The van der Waals surface area contributed by atoms with Crippen molar-refractivity contribution in [3.63, 3.8) is 0 Å². The van der Waals surface area contributed by atoms with E-state index in [0.717, 1.165) is 23.6 Å². The third-order valence-corrected chi connectivity index (χ3v) is 11.7. The van der Waals surface area contributed by atoms with Gasteiger partial charge in [-0.05, 0) is 53.8 Å². The van der Waals surface area contributed by atoms with Gasteiger partial charge in [-0.25, -0.2) is 0 Å². The number of aliphatic hydroxyl groups is 1. The molecule has 0 unspecified atom stereocenters. The number of benzene rings is 3. The fraction of sp³-hybridized carbons (Fsp3) is 0.429. The summed E-state index contributed by atoms with van der Waals surface area (Å²) in [6, 6.07) is 21.1. The van der Waals surface area contributed by atoms with E-state index in [-0.39, 0.29) is 50.4 Å². The van der Waals surface area contributed by atoms with E-state index < -0.39 is 47.7 Å². The summed E-state index contributed by atoms with van der Waals surface area (Å²) in [5.41, 5.74) is -0.142. The van der Waals surface area contributed by atoms with Crippen molar-refractivity contribution >= 4 is 56.1 Å². The van der Waals surface area contributed by atoms with Gasteiger partial charge in [0.15, 0.2) is 0 Å². The summed E-state index contributed by atoms with van der Waals surface area (Å²) in [5.74, 6) is -3.69. The molecule has 2 saturated heterocycles. The number of hydrogen-bond donors (Lipinski definition) is 2. The summed E-state index contributed by atoms with van der Waals surface area (Å²) in [6.45, 7) is 0.600. The molecule has 4 heterocycles. The molecule has 3 aromatic carbocycles. The maximum atomic E-state index is 15.3. The number of unbranched alkanes of at least 4 members (excludes halogenated alkanes) is 3. The number of cyclic esters (lactones) is 1. The van der Waals surface area contributed by atoms with Crippen molar-refractivity contribution in [1.82, 2.24) is 10.2 Å². The van der Waals surface area contributed by atoms with Crippen LogP contribution in [0.5, 0.6) is 0 Å². The van der Waals surface area contributed by atoms with Crippen LogP contribution in [0.2, 0.25) is 0 Å². The summed E-state index contributed by atoms with van der Waals surface area (Å²) in [6.07, 6.45) is 7.11. The first-order valence-electron chi connectivity index (χ1n) is 18.7. The largest absolute Gasteiger partial charge is 0.455 e. The average Bonchev–Trinajstić information content (AvgIpc) is 3.77. The van der Waals surface area contributed by atoms with Crippen molar-refractivity contribution in [3.05, 3.63) is 101 Å². The quantitative estimate of drug-likeness (QED) is 0.159. The Balaban J connectivity index is 1.33. The van der Waals surface area contributed by atoms with Crippen molar-refractivity contribution in [2.75, 3.05) is 38.3 Å². The standard InChI is InChI=1S/C42H46BrN3O8/c1-52-26-32-36(28-15-6-4-7-16-28)53-41(51)34-35-39(49)46(22-11-2-3-13-23-47)38(42(35)25-31(43)37(34)54-42)40(50)45(21-12-5-8-18-33(48)44-32)30-20-19-27-14-9-10-17-29(27)24-30/h4-7,9-10,12,14-17,19-20,24-25,32,34-38,47H,2-3,8,11,13,18,21-23,26H2,1H3,(H,44,48)/b12-5-/t32-,34+,35-,36-,37+,38+,42-/m0/s1. The van der Waals surface area contributed by atoms with Crippen LogP contribution in [0.15, 0.2) is 95.5 Å². The molecule has 3 aromatic rings. The fourth-order valence-corrected chi connectivity index (χ4v) is 9.21. The Hall–Kier alpha value is -4.36. The van der Waals surface area contributed by atoms with Crippen LogP contribution < -0.4 is 10.2 Å². The number of amides is 3. The van der Waals surface area contributed by atoms with Crippen molar-refractivity contribution in [2.24, 2.45) is 11.8 Å². The summed E-state index contributed by atoms with van der Waals surface area (Å²) in [4.78, 5) is 61.3. The number of carbonyl (C=O) groups excluding carboxylic acids is 4. The second-order valence-electron chi connectivity index (χ2n) is 14.4. The minimum Gasteiger partial charge on any atom is -0.455 e. The number of halogens is 1. The zero-order valence-corrected chi connectivity index (χ0v) is 31.9. The van der Waals surface area contributed by atoms with Gasteiger partial charge in [0.05, 0.1) is 18.6 Å². The average molecular weight is 801 g/mol. The highest BCUT2D eigenvalue weighted by molar-refractivity contribution is 9.11. The highest BCUT2D eigenvalue weighted by atomic mass is 79.9. The molecule has 5 bridgehead atoms. The lowest BCUT2D eigenvalue weighted by Gasteiger charge is -2.36. The van der Waals surface area contributed by atoms with Crippen molar-refractivity contribution in [1.29, 1.82) is 0 Å². The fourth-order valence-electron chi connectivity index (χ4n) is 8.47. The lowest BCUT2D eigenvalue weighted by Crippen LogP contribution is -2.56. The number of nitrogens with zero attached hydrogens (tertiary/aromatic N) is 2. The van der Waals surface area contributed by atoms with E-state index in [2.05, 4.69) is 21.2 Å². The minimum atomic E-state index is -1.44. The molecule has 2 N–H and O–H groups in total. The number of nitrogens with one attached hydrogen (secondary N) is 1. The summed E-state index contributed by atoms with van der Waals surface area (Å²) in [5, 5.41) is 14.4. The van der Waals surface area contributed by atoms with E-state index in [1.54, 1.807) is 9.80 Å². The molecular formula is C42H46BrN3O8. The number of fused-ring (bicyclic) bond motifs is 3. The molecule has 0 saturated carbocycles. The highest BCUT2D eigenvalue weighted by Crippen LogP contribution is 2.59. The van der Waals surface area contributed by atoms with Crippen molar-refractivity contribution < 1.29 is 38.5 Å². The second kappa shape index (κ2) is 16.6. The van der Waals surface area contributed by atoms with Crippen LogP contribution in [-0.4, -0.2) is 90.9 Å². The zero-order valence-electron chi connectivity index (χ0n) is 30.3. The number of hydrogen-bond acceptors (Lipinski definition) is 8. The zero-order chi connectivity index (χ0) is 37.8. The molecule has 3 amide bonds. The molecule has 11 nitrogen and oxygen atoms in total. The number of anilines is 1. The number of aliphatic hydroxyl groups excluding tert-OH is 1. The number of rotatable bonds is 10. The van der Waals surface area contributed by atoms with Gasteiger partial charge in [-0.2, -0.15) is 0 Å². The van der Waals surface area contributed by atoms with Gasteiger partial charge in [-0.1, -0.05) is 102 Å². The molecule has 4 aliphatic rings. The third-order valence-electron chi connectivity index (χ3n) is 11.0. The summed E-state index contributed by atoms with van der Waals surface area (Å²) >= 11 is 3.65. The maximum absolute atomic E-state index is 15.3. The molecular weight excluding hydrogens is 754 g/mol. The van der Waals surface area contributed by atoms with E-state index in [1.165, 1.54) is 7.11 Å². The van der Waals surface area contributed by atoms with Gasteiger partial charge in [0, 0.05) is 43.4 Å². The number of ether oxygens (including phenoxy) is 3. The van der Waals surface area contributed by atoms with Gasteiger partial charge in [0.25, 0.3) is 5.91 Å². The predicted octanol–water partition coefficient (Wildman–Crippen LogP) is 5.36. The van der Waals surface area contributed by atoms with Gasteiger partial charge in [0.1, 0.15) is 29.8 Å². The highest BCUT2D eigenvalue weighted by Gasteiger charge is 2.75. The predicted molar refractivity (Wildman–Crippen MR) is 206 cm³/mol. The molecule has 0 aromatic heterocycles. The molecule has 7 atom stereocenters. The molecule has 54 heavy (non-hydrogen) atoms. The topological polar surface area (TPSA) is 135 Å². The second-order valence-corrected chi connectivity index (χ2v) is 15.3. The normalized spacial score (nSPS) is 29.3. The van der Waals surface area contributed by atoms with Crippen LogP contribution in [0.4, 0.5) is 5.69 Å². The van der Waals surface area contributed by atoms with Crippen molar-refractivity contribution in [3.8, 4) is 0 Å². The lowest BCUT2D eigenvalue weighted by molar-refractivity contribution is -0.162. The van der Waals surface area contributed by atoms with Crippen LogP contribution in [0.1, 0.15) is 50.2 Å². The smallest absolute Gasteiger partial charge is 0.313 e. The molecule has 4 aliphatic heterocycles. The Morgan fingerprint density at radius 2 is 1.67 bits per heavy atom. The van der Waals surface area contributed by atoms with Crippen LogP contribution >= 0.6 is 15.9 Å². The maximum Gasteiger partial charge on any atom is 0.313 e. The molecule has 284 valence electrons. The Morgan fingerprint density at radius 3 is 2.44 bits per heavy atom. The SMILES string of the molecule is COC[C@@H]1NC(=O)CC/C=C\CN(c2ccc3ccccc3c2)C(=O)[C@H]2N(CCCCCCO)C(=O)[C@@H]3[C@@H](C(=O)O[C@H]1c1ccccc1)[C@@H]1O[C@@]32C=C1Br. The monoisotopic (exact) mass is 799 g/mol. The van der Waals surface area contributed by atoms with Gasteiger partial charge in [0.2, 0.25) is 11.8 Å². The summed E-state index contributed by atoms with van der Waals surface area (Å²) < 4.78 is 19.2. The van der Waals surface area contributed by atoms with E-state index in [9.17, 15) is 19.5 Å². The Bertz CT molecular complexity index is 1940. The molecule has 1 spiro atoms. The van der Waals surface area contributed by atoms with E-state index in [0.29, 0.717) is 35.0 Å². The van der Waals surface area contributed by atoms with E-state index in [4.69, 9.17) is 14.2 Å². The van der Waals surface area contributed by atoms with E-state index in [1.807, 2.05) is 91.0 Å². The minimum absolute atomic E-state index is 0.0657. The van der Waals surface area contributed by atoms with Crippen molar-refractivity contribution in [2.45, 2.75) is 68.4 Å². The number of esters is 1. The molecule has 12 heteroatoms. The van der Waals surface area contributed by atoms with Crippen LogP contribution in [0, 0.1) is 11.8 Å². The summed E-state index contributed by atoms with van der Waals surface area (Å²) in [7, 11) is 1.52. The molecule has 7 rings (SSSR count). The van der Waals surface area contributed by atoms with Gasteiger partial charge in [-0.15, -0.1) is 0 Å². The van der Waals surface area contributed by atoms with Crippen LogP contribution in [0.25, 0.3) is 10.8 Å². The number of carbonyl (C=O) groups is 4. The van der Waals surface area contributed by atoms with Gasteiger partial charge < -0.3 is 34.4 Å². The first-order chi connectivity index (χ1) is 26.3. The lowest BCUT2D eigenvalue weighted by atomic mass is 9.74. The first-order valence-corrected chi connectivity index (χ1v) is 19.5.